The quantitative estimate of drug-likeness (QED) is 0.843. The van der Waals surface area contributed by atoms with Gasteiger partial charge in [0.15, 0.2) is 0 Å². The summed E-state index contributed by atoms with van der Waals surface area (Å²) in [4.78, 5) is 28.8. The lowest BCUT2D eigenvalue weighted by Crippen LogP contribution is -2.63. The predicted molar refractivity (Wildman–Crippen MR) is 83.4 cm³/mol. The molecule has 4 nitrogen and oxygen atoms in total. The minimum atomic E-state index is -0.143. The molecule has 0 aliphatic carbocycles. The third kappa shape index (κ3) is 2.18. The molecule has 0 unspecified atom stereocenters. The van der Waals surface area contributed by atoms with Gasteiger partial charge in [-0.05, 0) is 37.1 Å². The molecule has 2 fully saturated rings. The van der Waals surface area contributed by atoms with E-state index in [-0.39, 0.29) is 23.4 Å². The van der Waals surface area contributed by atoms with E-state index in [1.807, 2.05) is 33.7 Å². The summed E-state index contributed by atoms with van der Waals surface area (Å²) in [5, 5.41) is 3.86. The van der Waals surface area contributed by atoms with Gasteiger partial charge >= 0.3 is 0 Å². The molecule has 0 aromatic carbocycles. The Bertz CT molecular complexity index is 542. The average molecular weight is 306 g/mol. The second kappa shape index (κ2) is 5.44. The third-order valence-electron chi connectivity index (χ3n) is 5.23. The smallest absolute Gasteiger partial charge is 0.255 e. The van der Waals surface area contributed by atoms with E-state index in [0.717, 1.165) is 37.8 Å². The summed E-state index contributed by atoms with van der Waals surface area (Å²) in [5.41, 5.74) is 0.637. The van der Waals surface area contributed by atoms with Gasteiger partial charge in [-0.15, -0.1) is 0 Å². The zero-order valence-electron chi connectivity index (χ0n) is 12.7. The molecule has 0 radical (unpaired) electrons. The fourth-order valence-corrected chi connectivity index (χ4v) is 4.78. The van der Waals surface area contributed by atoms with Crippen LogP contribution in [0.5, 0.6) is 0 Å². The molecule has 1 aromatic heterocycles. The van der Waals surface area contributed by atoms with Crippen molar-refractivity contribution < 1.29 is 9.59 Å². The molecule has 0 N–H and O–H groups in total. The Kier molecular flexibility index (Phi) is 3.78. The number of carbonyl (C=O) groups excluding carboxylic acids is 2. The molecule has 3 heterocycles. The second-order valence-electron chi connectivity index (χ2n) is 6.09. The van der Waals surface area contributed by atoms with Gasteiger partial charge in [0, 0.05) is 25.4 Å². The number of rotatable bonds is 2. The molecule has 0 bridgehead atoms. The number of likely N-dealkylation sites (N-methyl/N-ethyl adjacent to an activating group) is 1. The summed E-state index contributed by atoms with van der Waals surface area (Å²) in [6.07, 6.45) is 4.39. The molecule has 5 heteroatoms. The van der Waals surface area contributed by atoms with Crippen LogP contribution in [0, 0.1) is 0 Å². The Labute approximate surface area is 129 Å². The maximum absolute atomic E-state index is 12.8. The maximum Gasteiger partial charge on any atom is 0.255 e. The number of nitrogens with zero attached hydrogens (tertiary/aromatic N) is 2. The lowest BCUT2D eigenvalue weighted by Gasteiger charge is -2.51. The van der Waals surface area contributed by atoms with Gasteiger partial charge in [0.25, 0.3) is 5.91 Å². The molecule has 2 amide bonds. The Balaban J connectivity index is 1.92. The van der Waals surface area contributed by atoms with Crippen LogP contribution in [0.3, 0.4) is 0 Å². The van der Waals surface area contributed by atoms with Crippen molar-refractivity contribution in [2.24, 2.45) is 0 Å². The lowest BCUT2D eigenvalue weighted by molar-refractivity contribution is -0.132. The number of piperidine rings is 1. The molecular weight excluding hydrogens is 284 g/mol. The summed E-state index contributed by atoms with van der Waals surface area (Å²) < 4.78 is 0. The number of carbonyl (C=O) groups is 2. The summed E-state index contributed by atoms with van der Waals surface area (Å²) >= 11 is 1.55. The van der Waals surface area contributed by atoms with Crippen LogP contribution in [0.15, 0.2) is 16.8 Å². The average Bonchev–Trinajstić information content (AvgIpc) is 3.12. The Morgan fingerprint density at radius 3 is 2.86 bits per heavy atom. The summed E-state index contributed by atoms with van der Waals surface area (Å²) in [6.45, 7) is 2.93. The first-order chi connectivity index (χ1) is 10.1. The molecule has 2 atom stereocenters. The van der Waals surface area contributed by atoms with Crippen molar-refractivity contribution in [1.82, 2.24) is 9.80 Å². The van der Waals surface area contributed by atoms with Crippen molar-refractivity contribution in [3.63, 3.8) is 0 Å². The first-order valence-electron chi connectivity index (χ1n) is 7.70. The molecule has 1 spiro atoms. The van der Waals surface area contributed by atoms with E-state index in [2.05, 4.69) is 6.92 Å². The van der Waals surface area contributed by atoms with Crippen molar-refractivity contribution in [1.29, 1.82) is 0 Å². The highest BCUT2D eigenvalue weighted by Crippen LogP contribution is 2.42. The normalized spacial score (nSPS) is 29.4. The van der Waals surface area contributed by atoms with Crippen LogP contribution in [-0.2, 0) is 4.79 Å². The van der Waals surface area contributed by atoms with Crippen molar-refractivity contribution in [3.8, 4) is 0 Å². The Morgan fingerprint density at radius 1 is 1.48 bits per heavy atom. The van der Waals surface area contributed by atoms with E-state index in [1.54, 1.807) is 11.3 Å². The summed E-state index contributed by atoms with van der Waals surface area (Å²) in [5.74, 6) is 0.341. The summed E-state index contributed by atoms with van der Waals surface area (Å²) in [6, 6.07) is 2.03. The molecule has 21 heavy (non-hydrogen) atoms. The van der Waals surface area contributed by atoms with Crippen molar-refractivity contribution in [2.45, 2.75) is 50.6 Å². The molecule has 114 valence electrons. The van der Waals surface area contributed by atoms with Gasteiger partial charge in [-0.25, -0.2) is 0 Å². The highest BCUT2D eigenvalue weighted by Gasteiger charge is 2.52. The van der Waals surface area contributed by atoms with Crippen LogP contribution in [0.4, 0.5) is 0 Å². The number of thiophene rings is 1. The van der Waals surface area contributed by atoms with Crippen LogP contribution in [-0.4, -0.2) is 46.8 Å². The third-order valence-corrected chi connectivity index (χ3v) is 5.92. The molecule has 1 aromatic rings. The molecule has 3 rings (SSSR count). The van der Waals surface area contributed by atoms with Gasteiger partial charge in [0.05, 0.1) is 17.1 Å². The van der Waals surface area contributed by atoms with Gasteiger partial charge in [0.1, 0.15) is 0 Å². The molecule has 0 saturated carbocycles. The first kappa shape index (κ1) is 14.6. The maximum atomic E-state index is 12.8. The number of amides is 2. The van der Waals surface area contributed by atoms with E-state index in [4.69, 9.17) is 0 Å². The highest BCUT2D eigenvalue weighted by molar-refractivity contribution is 7.08. The van der Waals surface area contributed by atoms with Crippen LogP contribution in [0.25, 0.3) is 0 Å². The monoisotopic (exact) mass is 306 g/mol. The van der Waals surface area contributed by atoms with E-state index in [1.165, 1.54) is 0 Å². The number of hydrogen-bond acceptors (Lipinski definition) is 3. The first-order valence-corrected chi connectivity index (χ1v) is 8.64. The SMILES string of the molecule is CC[C@@H]1N(C(=O)c2ccsc2)CCC[C@]12CCC(=O)N2C. The molecule has 2 aliphatic heterocycles. The van der Waals surface area contributed by atoms with Gasteiger partial charge in [-0.3, -0.25) is 9.59 Å². The molecular formula is C16H22N2O2S. The number of hydrogen-bond donors (Lipinski definition) is 0. The largest absolute Gasteiger partial charge is 0.338 e. The van der Waals surface area contributed by atoms with Crippen molar-refractivity contribution in [2.75, 3.05) is 13.6 Å². The second-order valence-corrected chi connectivity index (χ2v) is 6.87. The van der Waals surface area contributed by atoms with Crippen LogP contribution in [0.2, 0.25) is 0 Å². The molecule has 2 saturated heterocycles. The van der Waals surface area contributed by atoms with E-state index >= 15 is 0 Å². The summed E-state index contributed by atoms with van der Waals surface area (Å²) in [7, 11) is 1.91. The Hall–Kier alpha value is -1.36. The van der Waals surface area contributed by atoms with Gasteiger partial charge in [-0.2, -0.15) is 11.3 Å². The van der Waals surface area contributed by atoms with Crippen molar-refractivity contribution in [3.05, 3.63) is 22.4 Å². The van der Waals surface area contributed by atoms with E-state index in [9.17, 15) is 9.59 Å². The minimum Gasteiger partial charge on any atom is -0.338 e. The van der Waals surface area contributed by atoms with Crippen LogP contribution in [0.1, 0.15) is 49.4 Å². The zero-order chi connectivity index (χ0) is 15.0. The molecule has 2 aliphatic rings. The van der Waals surface area contributed by atoms with Crippen LogP contribution >= 0.6 is 11.3 Å². The highest BCUT2D eigenvalue weighted by atomic mass is 32.1. The fourth-order valence-electron chi connectivity index (χ4n) is 4.15. The number of likely N-dealkylation sites (tertiary alicyclic amines) is 2. The minimum absolute atomic E-state index is 0.120. The Morgan fingerprint density at radius 2 is 2.29 bits per heavy atom. The van der Waals surface area contributed by atoms with E-state index in [0.29, 0.717) is 6.42 Å². The zero-order valence-corrected chi connectivity index (χ0v) is 13.5. The standard InChI is InChI=1S/C16H22N2O2S/c1-3-13-16(8-5-14(19)17(16)2)7-4-9-18(13)15(20)12-6-10-21-11-12/h6,10-11,13H,3-5,7-9H2,1-2H3/t13-,16-/m0/s1. The van der Waals surface area contributed by atoms with E-state index < -0.39 is 0 Å². The lowest BCUT2D eigenvalue weighted by atomic mass is 9.77. The van der Waals surface area contributed by atoms with Gasteiger partial charge in [-0.1, -0.05) is 6.92 Å². The fraction of sp³-hybridized carbons (Fsp3) is 0.625. The van der Waals surface area contributed by atoms with Gasteiger partial charge < -0.3 is 9.80 Å². The topological polar surface area (TPSA) is 40.6 Å². The van der Waals surface area contributed by atoms with Crippen molar-refractivity contribution >= 4 is 23.2 Å². The predicted octanol–water partition coefficient (Wildman–Crippen LogP) is 2.75. The van der Waals surface area contributed by atoms with Gasteiger partial charge in [0.2, 0.25) is 5.91 Å². The van der Waals surface area contributed by atoms with Crippen LogP contribution < -0.4 is 0 Å².